The van der Waals surface area contributed by atoms with E-state index in [0.29, 0.717) is 0 Å². The molecule has 0 atom stereocenters. The molecular weight excluding hydrogens is 213 g/mol. The van der Waals surface area contributed by atoms with E-state index >= 15 is 0 Å². The van der Waals surface area contributed by atoms with Crippen LogP contribution in [0.2, 0.25) is 0 Å². The van der Waals surface area contributed by atoms with Gasteiger partial charge >= 0.3 is 4.83 Å². The van der Waals surface area contributed by atoms with Crippen LogP contribution in [-0.2, 0) is 4.79 Å². The second-order valence-corrected chi connectivity index (χ2v) is 2.60. The normalized spacial score (nSPS) is 13.5. The lowest BCUT2D eigenvalue weighted by Crippen LogP contribution is -2.06. The lowest BCUT2D eigenvalue weighted by molar-refractivity contribution is -0.112. The summed E-state index contributed by atoms with van der Waals surface area (Å²) in [5, 5.41) is 0. The number of rotatable bonds is 2. The molecule has 1 nitrogen and oxygen atoms in total. The van der Waals surface area contributed by atoms with Crippen molar-refractivity contribution in [3.05, 3.63) is 11.9 Å². The van der Waals surface area contributed by atoms with E-state index < -0.39 is 16.4 Å². The van der Waals surface area contributed by atoms with E-state index in [4.69, 9.17) is 0 Å². The van der Waals surface area contributed by atoms with E-state index in [1.165, 1.54) is 0 Å². The molecule has 0 aromatic carbocycles. The number of hydrogen-bond donors (Lipinski definition) is 0. The summed E-state index contributed by atoms with van der Waals surface area (Å²) >= 11 is 1.74. The fourth-order valence-electron chi connectivity index (χ4n) is 0.260. The molecule has 10 heavy (non-hydrogen) atoms. The predicted octanol–water partition coefficient (Wildman–Crippen LogP) is 2.42. The Hall–Kier alpha value is -0.320. The molecular formula is C5H4BrF3O. The molecule has 0 amide bonds. The number of allylic oxidation sites excluding steroid dienone is 2. The van der Waals surface area contributed by atoms with Crippen molar-refractivity contribution in [2.45, 2.75) is 11.8 Å². The molecule has 5 heteroatoms. The number of alkyl halides is 3. The van der Waals surface area contributed by atoms with Gasteiger partial charge in [0.15, 0.2) is 11.6 Å². The van der Waals surface area contributed by atoms with Crippen LogP contribution in [0, 0.1) is 0 Å². The van der Waals surface area contributed by atoms with Crippen LogP contribution < -0.4 is 0 Å². The first-order valence-electron chi connectivity index (χ1n) is 2.29. The minimum absolute atomic E-state index is 0.231. The maximum atomic E-state index is 12.0. The third-order valence-corrected chi connectivity index (χ3v) is 0.980. The smallest absolute Gasteiger partial charge is 0.295 e. The monoisotopic (exact) mass is 216 g/mol. The zero-order valence-electron chi connectivity index (χ0n) is 5.00. The summed E-state index contributed by atoms with van der Waals surface area (Å²) in [6, 6.07) is 0. The second kappa shape index (κ2) is 3.18. The molecule has 0 aliphatic heterocycles. The van der Waals surface area contributed by atoms with Crippen molar-refractivity contribution in [1.29, 1.82) is 0 Å². The van der Waals surface area contributed by atoms with Gasteiger partial charge in [0.1, 0.15) is 0 Å². The van der Waals surface area contributed by atoms with Crippen LogP contribution in [0.1, 0.15) is 6.92 Å². The Kier molecular flexibility index (Phi) is 3.08. The first-order chi connectivity index (χ1) is 4.34. The minimum atomic E-state index is -3.72. The van der Waals surface area contributed by atoms with E-state index in [2.05, 4.69) is 0 Å². The fraction of sp³-hybridized carbons (Fsp3) is 0.400. The van der Waals surface area contributed by atoms with Crippen LogP contribution in [0.3, 0.4) is 0 Å². The summed E-state index contributed by atoms with van der Waals surface area (Å²) in [4.78, 5) is 6.31. The van der Waals surface area contributed by atoms with E-state index in [1.807, 2.05) is 0 Å². The highest BCUT2D eigenvalue weighted by Gasteiger charge is 2.30. The first kappa shape index (κ1) is 9.68. The SMILES string of the molecule is CC(=O)/C=C(\F)C(F)(F)Br. The number of halogens is 4. The first-order valence-corrected chi connectivity index (χ1v) is 3.08. The summed E-state index contributed by atoms with van der Waals surface area (Å²) in [6.45, 7) is 0.984. The van der Waals surface area contributed by atoms with Crippen molar-refractivity contribution < 1.29 is 18.0 Å². The van der Waals surface area contributed by atoms with Crippen LogP contribution >= 0.6 is 15.9 Å². The van der Waals surface area contributed by atoms with E-state index in [1.54, 1.807) is 15.9 Å². The summed E-state index contributed by atoms with van der Waals surface area (Å²) in [7, 11) is 0. The Bertz CT molecular complexity index is 170. The summed E-state index contributed by atoms with van der Waals surface area (Å²) in [5.74, 6) is -2.53. The zero-order chi connectivity index (χ0) is 8.36. The van der Waals surface area contributed by atoms with Crippen molar-refractivity contribution in [3.63, 3.8) is 0 Å². The van der Waals surface area contributed by atoms with Crippen LogP contribution in [-0.4, -0.2) is 10.6 Å². The molecule has 0 unspecified atom stereocenters. The van der Waals surface area contributed by atoms with Gasteiger partial charge in [0.25, 0.3) is 0 Å². The number of hydrogen-bond acceptors (Lipinski definition) is 1. The van der Waals surface area contributed by atoms with Crippen LogP contribution in [0.5, 0.6) is 0 Å². The van der Waals surface area contributed by atoms with E-state index in [9.17, 15) is 18.0 Å². The lowest BCUT2D eigenvalue weighted by Gasteiger charge is -2.02. The summed E-state index contributed by atoms with van der Waals surface area (Å²) < 4.78 is 35.6. The van der Waals surface area contributed by atoms with Gasteiger partial charge in [-0.25, -0.2) is 4.39 Å². The van der Waals surface area contributed by atoms with Crippen LogP contribution in [0.4, 0.5) is 13.2 Å². The molecule has 0 rings (SSSR count). The number of ketones is 1. The highest BCUT2D eigenvalue weighted by molar-refractivity contribution is 9.10. The topological polar surface area (TPSA) is 17.1 Å². The molecule has 0 aliphatic carbocycles. The minimum Gasteiger partial charge on any atom is -0.295 e. The number of carbonyl (C=O) groups is 1. The standard InChI is InChI=1S/C5H4BrF3O/c1-3(10)2-4(7)5(6,8)9/h2H,1H3/b4-2-. The summed E-state index contributed by atoms with van der Waals surface area (Å²) in [5.41, 5.74) is 0. The maximum Gasteiger partial charge on any atom is 0.352 e. The van der Waals surface area contributed by atoms with Crippen molar-refractivity contribution in [3.8, 4) is 0 Å². The highest BCUT2D eigenvalue weighted by atomic mass is 79.9. The Morgan fingerprint density at radius 2 is 2.00 bits per heavy atom. The van der Waals surface area contributed by atoms with E-state index in [-0.39, 0.29) is 6.08 Å². The lowest BCUT2D eigenvalue weighted by atomic mass is 10.4. The molecule has 0 saturated carbocycles. The molecule has 0 saturated heterocycles. The number of carbonyl (C=O) groups excluding carboxylic acids is 1. The molecule has 0 aromatic rings. The molecule has 0 N–H and O–H groups in total. The Morgan fingerprint density at radius 3 is 2.10 bits per heavy atom. The van der Waals surface area contributed by atoms with Crippen LogP contribution in [0.15, 0.2) is 11.9 Å². The van der Waals surface area contributed by atoms with Crippen molar-refractivity contribution >= 4 is 21.7 Å². The third-order valence-electron chi connectivity index (χ3n) is 0.601. The molecule has 0 aliphatic rings. The average molecular weight is 217 g/mol. The Balaban J connectivity index is 4.35. The van der Waals surface area contributed by atoms with Gasteiger partial charge in [-0.15, -0.1) is 0 Å². The van der Waals surface area contributed by atoms with Gasteiger partial charge in [-0.05, 0) is 22.9 Å². The van der Waals surface area contributed by atoms with Gasteiger partial charge in [0, 0.05) is 6.08 Å². The molecule has 0 spiro atoms. The Labute approximate surface area is 64.0 Å². The van der Waals surface area contributed by atoms with Crippen LogP contribution in [0.25, 0.3) is 0 Å². The van der Waals surface area contributed by atoms with Gasteiger partial charge < -0.3 is 0 Å². The largest absolute Gasteiger partial charge is 0.352 e. The second-order valence-electron chi connectivity index (χ2n) is 1.60. The van der Waals surface area contributed by atoms with E-state index in [0.717, 1.165) is 6.92 Å². The molecule has 58 valence electrons. The predicted molar refractivity (Wildman–Crippen MR) is 33.7 cm³/mol. The molecule has 0 heterocycles. The Morgan fingerprint density at radius 1 is 1.60 bits per heavy atom. The van der Waals surface area contributed by atoms with Crippen molar-refractivity contribution in [2.75, 3.05) is 0 Å². The average Bonchev–Trinajstić information content (AvgIpc) is 1.60. The van der Waals surface area contributed by atoms with Gasteiger partial charge in [0.05, 0.1) is 0 Å². The van der Waals surface area contributed by atoms with Crippen molar-refractivity contribution in [2.24, 2.45) is 0 Å². The molecule has 0 radical (unpaired) electrons. The van der Waals surface area contributed by atoms with Gasteiger partial charge in [-0.1, -0.05) is 0 Å². The summed E-state index contributed by atoms with van der Waals surface area (Å²) in [6.07, 6.45) is 0.231. The maximum absolute atomic E-state index is 12.0. The van der Waals surface area contributed by atoms with Crippen molar-refractivity contribution in [1.82, 2.24) is 0 Å². The molecule has 0 aromatic heterocycles. The molecule has 0 bridgehead atoms. The fourth-order valence-corrected chi connectivity index (χ4v) is 0.375. The molecule has 0 fully saturated rings. The third kappa shape index (κ3) is 3.66. The quantitative estimate of drug-likeness (QED) is 0.512. The highest BCUT2D eigenvalue weighted by Crippen LogP contribution is 2.31. The zero-order valence-corrected chi connectivity index (χ0v) is 6.58. The van der Waals surface area contributed by atoms with Gasteiger partial charge in [-0.3, -0.25) is 4.79 Å². The van der Waals surface area contributed by atoms with Gasteiger partial charge in [-0.2, -0.15) is 8.78 Å². The van der Waals surface area contributed by atoms with Gasteiger partial charge in [0.2, 0.25) is 0 Å².